The van der Waals surface area contributed by atoms with Crippen molar-refractivity contribution in [2.75, 3.05) is 5.43 Å². The summed E-state index contributed by atoms with van der Waals surface area (Å²) < 4.78 is 5.35. The molecule has 0 aromatic heterocycles. The molecule has 2 rings (SSSR count). The Morgan fingerprint density at radius 2 is 1.70 bits per heavy atom. The Labute approximate surface area is 138 Å². The van der Waals surface area contributed by atoms with Gasteiger partial charge in [0.2, 0.25) is 0 Å². The van der Waals surface area contributed by atoms with Crippen molar-refractivity contribution in [1.29, 1.82) is 0 Å². The van der Waals surface area contributed by atoms with Gasteiger partial charge in [-0.05, 0) is 31.9 Å². The third-order valence-corrected chi connectivity index (χ3v) is 4.17. The molecule has 1 aromatic carbocycles. The van der Waals surface area contributed by atoms with Gasteiger partial charge in [-0.2, -0.15) is 5.01 Å². The van der Waals surface area contributed by atoms with E-state index in [1.54, 1.807) is 19.1 Å². The van der Waals surface area contributed by atoms with Crippen LogP contribution in [0.3, 0.4) is 0 Å². The van der Waals surface area contributed by atoms with E-state index < -0.39 is 11.7 Å². The number of carbonyl (C=O) groups is 2. The summed E-state index contributed by atoms with van der Waals surface area (Å²) in [4.78, 5) is 24.5. The molecule has 1 saturated heterocycles. The molecule has 23 heavy (non-hydrogen) atoms. The molecule has 1 aliphatic rings. The number of imide groups is 1. The number of cyclic esters (lactones) is 1. The van der Waals surface area contributed by atoms with Crippen molar-refractivity contribution < 1.29 is 14.3 Å². The standard InChI is InChI=1S/C18H26N2O3/c1-3-4-5-6-7-11-14-18(2)16(21)20(17(22)23-18)19-15-12-9-8-10-13-15/h8-10,12-13,19H,3-7,11,14H2,1-2H3. The number of anilines is 1. The van der Waals surface area contributed by atoms with Crippen LogP contribution in [0.5, 0.6) is 0 Å². The van der Waals surface area contributed by atoms with Crippen molar-refractivity contribution in [2.24, 2.45) is 0 Å². The van der Waals surface area contributed by atoms with Crippen LogP contribution >= 0.6 is 0 Å². The van der Waals surface area contributed by atoms with E-state index >= 15 is 0 Å². The fourth-order valence-electron chi connectivity index (χ4n) is 2.74. The third kappa shape index (κ3) is 4.47. The average Bonchev–Trinajstić information content (AvgIpc) is 2.75. The number of carbonyl (C=O) groups excluding carboxylic acids is 2. The molecule has 1 fully saturated rings. The van der Waals surface area contributed by atoms with Crippen LogP contribution in [0.1, 0.15) is 58.8 Å². The summed E-state index contributed by atoms with van der Waals surface area (Å²) in [6, 6.07) is 9.14. The molecule has 126 valence electrons. The molecule has 1 aliphatic heterocycles. The van der Waals surface area contributed by atoms with Crippen LogP contribution in [0.4, 0.5) is 10.5 Å². The van der Waals surface area contributed by atoms with E-state index in [-0.39, 0.29) is 5.91 Å². The van der Waals surface area contributed by atoms with Crippen molar-refractivity contribution in [2.45, 2.75) is 64.4 Å². The normalized spacial score (nSPS) is 20.7. The largest absolute Gasteiger partial charge is 0.437 e. The minimum absolute atomic E-state index is 0.320. The predicted molar refractivity (Wildman–Crippen MR) is 89.8 cm³/mol. The van der Waals surface area contributed by atoms with Crippen LogP contribution in [0, 0.1) is 0 Å². The highest BCUT2D eigenvalue weighted by atomic mass is 16.6. The Bertz CT molecular complexity index is 532. The highest BCUT2D eigenvalue weighted by Gasteiger charge is 2.50. The topological polar surface area (TPSA) is 58.6 Å². The van der Waals surface area contributed by atoms with Crippen LogP contribution in [-0.4, -0.2) is 22.6 Å². The second-order valence-corrected chi connectivity index (χ2v) is 6.23. The fourth-order valence-corrected chi connectivity index (χ4v) is 2.74. The Morgan fingerprint density at radius 3 is 2.39 bits per heavy atom. The van der Waals surface area contributed by atoms with E-state index in [0.29, 0.717) is 12.1 Å². The number of hydrogen-bond donors (Lipinski definition) is 1. The lowest BCUT2D eigenvalue weighted by Gasteiger charge is -2.20. The number of hydrogen-bond acceptors (Lipinski definition) is 4. The maximum atomic E-state index is 12.5. The summed E-state index contributed by atoms with van der Waals surface area (Å²) >= 11 is 0. The third-order valence-electron chi connectivity index (χ3n) is 4.17. The minimum Gasteiger partial charge on any atom is -0.431 e. The Hall–Kier alpha value is -2.04. The van der Waals surface area contributed by atoms with Crippen LogP contribution in [0.25, 0.3) is 0 Å². The summed E-state index contributed by atoms with van der Waals surface area (Å²) in [6.45, 7) is 3.89. The lowest BCUT2D eigenvalue weighted by molar-refractivity contribution is -0.135. The van der Waals surface area contributed by atoms with Gasteiger partial charge < -0.3 is 4.74 Å². The minimum atomic E-state index is -1.05. The molecule has 0 spiro atoms. The van der Waals surface area contributed by atoms with E-state index in [1.165, 1.54) is 19.3 Å². The monoisotopic (exact) mass is 318 g/mol. The average molecular weight is 318 g/mol. The van der Waals surface area contributed by atoms with Crippen molar-refractivity contribution in [1.82, 2.24) is 5.01 Å². The molecular weight excluding hydrogens is 292 g/mol. The smallest absolute Gasteiger partial charge is 0.431 e. The quantitative estimate of drug-likeness (QED) is 0.681. The number of nitrogens with one attached hydrogen (secondary N) is 1. The van der Waals surface area contributed by atoms with E-state index in [0.717, 1.165) is 24.3 Å². The number of rotatable bonds is 9. The molecule has 1 unspecified atom stereocenters. The highest BCUT2D eigenvalue weighted by Crippen LogP contribution is 2.30. The van der Waals surface area contributed by atoms with E-state index in [9.17, 15) is 9.59 Å². The first kappa shape index (κ1) is 17.3. The second kappa shape index (κ2) is 7.99. The summed E-state index contributed by atoms with van der Waals surface area (Å²) in [5.41, 5.74) is 2.45. The summed E-state index contributed by atoms with van der Waals surface area (Å²) in [5, 5.41) is 0.979. The van der Waals surface area contributed by atoms with Crippen molar-refractivity contribution >= 4 is 17.7 Å². The van der Waals surface area contributed by atoms with Crippen LogP contribution < -0.4 is 5.43 Å². The number of para-hydroxylation sites is 1. The lowest BCUT2D eigenvalue weighted by Crippen LogP contribution is -2.41. The molecule has 0 radical (unpaired) electrons. The number of benzene rings is 1. The molecule has 1 N–H and O–H groups in total. The molecule has 2 amide bonds. The predicted octanol–water partition coefficient (Wildman–Crippen LogP) is 4.50. The summed E-state index contributed by atoms with van der Waals surface area (Å²) in [7, 11) is 0. The fraction of sp³-hybridized carbons (Fsp3) is 0.556. The van der Waals surface area contributed by atoms with Gasteiger partial charge in [0.1, 0.15) is 0 Å². The lowest BCUT2D eigenvalue weighted by atomic mass is 9.97. The molecule has 1 heterocycles. The molecule has 0 saturated carbocycles. The molecule has 1 atom stereocenters. The first-order chi connectivity index (χ1) is 11.1. The zero-order chi connectivity index (χ0) is 16.7. The van der Waals surface area contributed by atoms with Gasteiger partial charge in [0.25, 0.3) is 5.91 Å². The van der Waals surface area contributed by atoms with Crippen LogP contribution in [0.15, 0.2) is 30.3 Å². The maximum Gasteiger partial charge on any atom is 0.437 e. The molecule has 0 bridgehead atoms. The van der Waals surface area contributed by atoms with Crippen LogP contribution in [-0.2, 0) is 9.53 Å². The van der Waals surface area contributed by atoms with Gasteiger partial charge >= 0.3 is 6.09 Å². The van der Waals surface area contributed by atoms with E-state index in [1.807, 2.05) is 18.2 Å². The van der Waals surface area contributed by atoms with Gasteiger partial charge in [0.15, 0.2) is 5.60 Å². The maximum absolute atomic E-state index is 12.5. The molecule has 1 aromatic rings. The Morgan fingerprint density at radius 1 is 1.04 bits per heavy atom. The number of ether oxygens (including phenoxy) is 1. The second-order valence-electron chi connectivity index (χ2n) is 6.23. The zero-order valence-electron chi connectivity index (χ0n) is 14.0. The van der Waals surface area contributed by atoms with Crippen molar-refractivity contribution in [3.05, 3.63) is 30.3 Å². The number of nitrogens with zero attached hydrogens (tertiary/aromatic N) is 1. The van der Waals surface area contributed by atoms with Crippen molar-refractivity contribution in [3.8, 4) is 0 Å². The Balaban J connectivity index is 1.86. The Kier molecular flexibility index (Phi) is 6.02. The van der Waals surface area contributed by atoms with Crippen LogP contribution in [0.2, 0.25) is 0 Å². The SMILES string of the molecule is CCCCCCCCC1(C)OC(=O)N(Nc2ccccc2)C1=O. The molecule has 0 aliphatic carbocycles. The summed E-state index contributed by atoms with van der Waals surface area (Å²) in [5.74, 6) is -0.320. The first-order valence-electron chi connectivity index (χ1n) is 8.46. The molecule has 5 heteroatoms. The van der Waals surface area contributed by atoms with Gasteiger partial charge in [-0.3, -0.25) is 10.2 Å². The van der Waals surface area contributed by atoms with E-state index in [4.69, 9.17) is 4.74 Å². The summed E-state index contributed by atoms with van der Waals surface area (Å²) in [6.07, 6.45) is 6.74. The zero-order valence-corrected chi connectivity index (χ0v) is 14.0. The number of unbranched alkanes of at least 4 members (excludes halogenated alkanes) is 5. The molecular formula is C18H26N2O3. The van der Waals surface area contributed by atoms with E-state index in [2.05, 4.69) is 12.3 Å². The molecule has 5 nitrogen and oxygen atoms in total. The van der Waals surface area contributed by atoms with Crippen molar-refractivity contribution in [3.63, 3.8) is 0 Å². The van der Waals surface area contributed by atoms with Gasteiger partial charge in [-0.15, -0.1) is 0 Å². The number of amides is 2. The number of hydrazine groups is 1. The van der Waals surface area contributed by atoms with Gasteiger partial charge in [0, 0.05) is 0 Å². The van der Waals surface area contributed by atoms with Gasteiger partial charge in [-0.1, -0.05) is 57.2 Å². The van der Waals surface area contributed by atoms with Gasteiger partial charge in [-0.25, -0.2) is 4.79 Å². The highest BCUT2D eigenvalue weighted by molar-refractivity contribution is 6.03. The van der Waals surface area contributed by atoms with Gasteiger partial charge in [0.05, 0.1) is 5.69 Å². The first-order valence-corrected chi connectivity index (χ1v) is 8.46.